The van der Waals surface area contributed by atoms with Crippen LogP contribution in [-0.2, 0) is 4.74 Å². The fraction of sp³-hybridized carbons (Fsp3) is 0.818. The summed E-state index contributed by atoms with van der Waals surface area (Å²) in [6.45, 7) is 6.59. The number of ether oxygens (including phenoxy) is 1. The van der Waals surface area contributed by atoms with Gasteiger partial charge in [-0.25, -0.2) is 0 Å². The lowest BCUT2D eigenvalue weighted by molar-refractivity contribution is -0.0284. The lowest BCUT2D eigenvalue weighted by Gasteiger charge is -2.25. The van der Waals surface area contributed by atoms with Crippen molar-refractivity contribution < 1.29 is 4.74 Å². The first-order valence-electron chi connectivity index (χ1n) is 5.00. The predicted octanol–water partition coefficient (Wildman–Crippen LogP) is 3.16. The monoisotopic (exact) mass is 168 g/mol. The van der Waals surface area contributed by atoms with Crippen molar-refractivity contribution in [3.05, 3.63) is 12.2 Å². The highest BCUT2D eigenvalue weighted by atomic mass is 16.5. The molecule has 0 spiro atoms. The van der Waals surface area contributed by atoms with Crippen molar-refractivity contribution in [2.75, 3.05) is 0 Å². The van der Waals surface area contributed by atoms with Crippen molar-refractivity contribution in [3.8, 4) is 0 Å². The minimum absolute atomic E-state index is 0.404. The summed E-state index contributed by atoms with van der Waals surface area (Å²) in [6.07, 6.45) is 8.87. The first kappa shape index (κ1) is 9.79. The van der Waals surface area contributed by atoms with E-state index in [4.69, 9.17) is 4.74 Å². The Kier molecular flexibility index (Phi) is 3.80. The molecule has 0 heterocycles. The van der Waals surface area contributed by atoms with Crippen LogP contribution in [0.3, 0.4) is 0 Å². The minimum Gasteiger partial charge on any atom is -0.375 e. The van der Waals surface area contributed by atoms with E-state index in [1.165, 1.54) is 12.8 Å². The second-order valence-corrected chi connectivity index (χ2v) is 3.99. The zero-order valence-electron chi connectivity index (χ0n) is 8.42. The molecule has 1 aliphatic carbocycles. The summed E-state index contributed by atoms with van der Waals surface area (Å²) in [6, 6.07) is 0. The predicted molar refractivity (Wildman–Crippen MR) is 52.2 cm³/mol. The van der Waals surface area contributed by atoms with Gasteiger partial charge in [0.15, 0.2) is 0 Å². The van der Waals surface area contributed by atoms with Gasteiger partial charge < -0.3 is 4.74 Å². The zero-order chi connectivity index (χ0) is 8.97. The van der Waals surface area contributed by atoms with E-state index in [-0.39, 0.29) is 0 Å². The summed E-state index contributed by atoms with van der Waals surface area (Å²) < 4.78 is 5.90. The summed E-state index contributed by atoms with van der Waals surface area (Å²) in [5.41, 5.74) is 0. The Morgan fingerprint density at radius 2 is 2.00 bits per heavy atom. The molecule has 1 aliphatic rings. The van der Waals surface area contributed by atoms with Crippen LogP contribution >= 0.6 is 0 Å². The van der Waals surface area contributed by atoms with Crippen LogP contribution in [0.1, 0.15) is 40.0 Å². The highest BCUT2D eigenvalue weighted by molar-refractivity contribution is 4.90. The summed E-state index contributed by atoms with van der Waals surface area (Å²) >= 11 is 0. The topological polar surface area (TPSA) is 9.23 Å². The SMILES string of the molecule is CC(C)[C@H](C)OC1CC=CCC1. The van der Waals surface area contributed by atoms with E-state index in [0.29, 0.717) is 18.1 Å². The molecule has 12 heavy (non-hydrogen) atoms. The van der Waals surface area contributed by atoms with Gasteiger partial charge in [0.05, 0.1) is 12.2 Å². The van der Waals surface area contributed by atoms with Crippen LogP contribution in [0.4, 0.5) is 0 Å². The van der Waals surface area contributed by atoms with Gasteiger partial charge in [0.25, 0.3) is 0 Å². The molecule has 1 rings (SSSR count). The molecule has 0 saturated heterocycles. The van der Waals surface area contributed by atoms with E-state index in [1.807, 2.05) is 0 Å². The average molecular weight is 168 g/mol. The Bertz CT molecular complexity index is 149. The Hall–Kier alpha value is -0.300. The second-order valence-electron chi connectivity index (χ2n) is 3.99. The van der Waals surface area contributed by atoms with E-state index in [1.54, 1.807) is 0 Å². The van der Waals surface area contributed by atoms with Gasteiger partial charge >= 0.3 is 0 Å². The summed E-state index contributed by atoms with van der Waals surface area (Å²) in [4.78, 5) is 0. The highest BCUT2D eigenvalue weighted by Gasteiger charge is 2.15. The second kappa shape index (κ2) is 4.66. The molecule has 0 aromatic heterocycles. The van der Waals surface area contributed by atoms with Crippen LogP contribution in [-0.4, -0.2) is 12.2 Å². The number of rotatable bonds is 3. The van der Waals surface area contributed by atoms with Crippen LogP contribution in [0, 0.1) is 5.92 Å². The van der Waals surface area contributed by atoms with E-state index >= 15 is 0 Å². The maximum atomic E-state index is 5.90. The molecule has 0 fully saturated rings. The minimum atomic E-state index is 0.404. The third-order valence-corrected chi connectivity index (χ3v) is 2.57. The molecule has 0 aromatic carbocycles. The van der Waals surface area contributed by atoms with Gasteiger partial charge in [0.1, 0.15) is 0 Å². The van der Waals surface area contributed by atoms with Crippen molar-refractivity contribution in [1.82, 2.24) is 0 Å². The molecule has 0 aromatic rings. The normalized spacial score (nSPS) is 26.2. The fourth-order valence-electron chi connectivity index (χ4n) is 1.35. The molecule has 1 unspecified atom stereocenters. The zero-order valence-corrected chi connectivity index (χ0v) is 8.42. The summed E-state index contributed by atoms with van der Waals surface area (Å²) in [5, 5.41) is 0. The van der Waals surface area contributed by atoms with E-state index < -0.39 is 0 Å². The van der Waals surface area contributed by atoms with E-state index in [2.05, 4.69) is 32.9 Å². The largest absolute Gasteiger partial charge is 0.375 e. The van der Waals surface area contributed by atoms with Gasteiger partial charge in [-0.3, -0.25) is 0 Å². The first-order chi connectivity index (χ1) is 5.70. The molecule has 1 heteroatoms. The van der Waals surface area contributed by atoms with Gasteiger partial charge in [-0.05, 0) is 32.1 Å². The third kappa shape index (κ3) is 2.98. The summed E-state index contributed by atoms with van der Waals surface area (Å²) in [5.74, 6) is 0.635. The van der Waals surface area contributed by atoms with Crippen LogP contribution in [0.2, 0.25) is 0 Å². The highest BCUT2D eigenvalue weighted by Crippen LogP contribution is 2.18. The van der Waals surface area contributed by atoms with Crippen LogP contribution in [0.5, 0.6) is 0 Å². The van der Waals surface area contributed by atoms with Crippen molar-refractivity contribution >= 4 is 0 Å². The number of allylic oxidation sites excluding steroid dienone is 1. The molecular formula is C11H20O. The van der Waals surface area contributed by atoms with Gasteiger partial charge in [-0.2, -0.15) is 0 Å². The van der Waals surface area contributed by atoms with Gasteiger partial charge in [0.2, 0.25) is 0 Å². The fourth-order valence-corrected chi connectivity index (χ4v) is 1.35. The molecule has 70 valence electrons. The molecule has 1 nitrogen and oxygen atoms in total. The maximum Gasteiger partial charge on any atom is 0.0616 e. The van der Waals surface area contributed by atoms with Crippen molar-refractivity contribution in [3.63, 3.8) is 0 Å². The van der Waals surface area contributed by atoms with E-state index in [0.717, 1.165) is 6.42 Å². The van der Waals surface area contributed by atoms with Gasteiger partial charge in [-0.15, -0.1) is 0 Å². The molecule has 0 aliphatic heterocycles. The molecule has 0 saturated carbocycles. The molecular weight excluding hydrogens is 148 g/mol. The van der Waals surface area contributed by atoms with Crippen LogP contribution in [0.25, 0.3) is 0 Å². The van der Waals surface area contributed by atoms with E-state index in [9.17, 15) is 0 Å². The Morgan fingerprint density at radius 1 is 1.25 bits per heavy atom. The van der Waals surface area contributed by atoms with Crippen molar-refractivity contribution in [2.24, 2.45) is 5.92 Å². The number of hydrogen-bond acceptors (Lipinski definition) is 1. The van der Waals surface area contributed by atoms with Crippen molar-refractivity contribution in [2.45, 2.75) is 52.2 Å². The number of hydrogen-bond donors (Lipinski definition) is 0. The van der Waals surface area contributed by atoms with Crippen LogP contribution in [0.15, 0.2) is 12.2 Å². The quantitative estimate of drug-likeness (QED) is 0.588. The van der Waals surface area contributed by atoms with Crippen molar-refractivity contribution in [1.29, 1.82) is 0 Å². The molecule has 0 amide bonds. The molecule has 0 bridgehead atoms. The Balaban J connectivity index is 2.25. The standard InChI is InChI=1S/C11H20O/c1-9(2)10(3)12-11-7-5-4-6-8-11/h4-5,9-11H,6-8H2,1-3H3/t10-,11?/m0/s1. The Labute approximate surface area is 75.8 Å². The average Bonchev–Trinajstić information content (AvgIpc) is 2.06. The lowest BCUT2D eigenvalue weighted by Crippen LogP contribution is -2.24. The Morgan fingerprint density at radius 3 is 2.50 bits per heavy atom. The van der Waals surface area contributed by atoms with Gasteiger partial charge in [0, 0.05) is 0 Å². The smallest absolute Gasteiger partial charge is 0.0616 e. The third-order valence-electron chi connectivity index (χ3n) is 2.57. The molecule has 0 radical (unpaired) electrons. The summed E-state index contributed by atoms with van der Waals surface area (Å²) in [7, 11) is 0. The first-order valence-corrected chi connectivity index (χ1v) is 5.00. The molecule has 0 N–H and O–H groups in total. The van der Waals surface area contributed by atoms with Gasteiger partial charge in [-0.1, -0.05) is 26.0 Å². The lowest BCUT2D eigenvalue weighted by atomic mass is 10.0. The molecule has 2 atom stereocenters. The maximum absolute atomic E-state index is 5.90. The van der Waals surface area contributed by atoms with Crippen LogP contribution < -0.4 is 0 Å².